The maximum Gasteiger partial charge on any atom is 0.338 e. The molecule has 2 N–H and O–H groups in total. The summed E-state index contributed by atoms with van der Waals surface area (Å²) in [5.41, 5.74) is 7.31. The Morgan fingerprint density at radius 3 is 2.83 bits per heavy atom. The van der Waals surface area contributed by atoms with Crippen LogP contribution >= 0.6 is 11.8 Å². The number of hydrogen-bond donors (Lipinski definition) is 1. The van der Waals surface area contributed by atoms with Crippen molar-refractivity contribution >= 4 is 23.4 Å². The molecule has 4 heteroatoms. The lowest BCUT2D eigenvalue weighted by molar-refractivity contribution is 0.0526. The summed E-state index contributed by atoms with van der Waals surface area (Å²) < 4.78 is 5.00. The maximum atomic E-state index is 11.7. The van der Waals surface area contributed by atoms with E-state index in [0.717, 1.165) is 10.6 Å². The zero-order valence-corrected chi connectivity index (χ0v) is 11.5. The van der Waals surface area contributed by atoms with Gasteiger partial charge in [0.1, 0.15) is 0 Å². The number of rotatable bonds is 4. The molecule has 0 radical (unpaired) electrons. The molecule has 1 aromatic carbocycles. The largest absolute Gasteiger partial charge is 0.462 e. The van der Waals surface area contributed by atoms with Gasteiger partial charge < -0.3 is 10.5 Å². The Kier molecular flexibility index (Phi) is 4.53. The number of ether oxygens (including phenoxy) is 1. The van der Waals surface area contributed by atoms with Crippen molar-refractivity contribution in [3.63, 3.8) is 0 Å². The number of nitrogen functional groups attached to an aromatic ring is 1. The fourth-order valence-electron chi connectivity index (χ4n) is 2.16. The van der Waals surface area contributed by atoms with E-state index >= 15 is 0 Å². The van der Waals surface area contributed by atoms with Gasteiger partial charge in [-0.1, -0.05) is 12.8 Å². The van der Waals surface area contributed by atoms with Crippen LogP contribution in [-0.2, 0) is 4.74 Å². The molecule has 0 unspecified atom stereocenters. The minimum Gasteiger partial charge on any atom is -0.462 e. The summed E-state index contributed by atoms with van der Waals surface area (Å²) in [6.45, 7) is 2.21. The van der Waals surface area contributed by atoms with Gasteiger partial charge in [0.05, 0.1) is 12.2 Å². The van der Waals surface area contributed by atoms with E-state index in [-0.39, 0.29) is 5.97 Å². The van der Waals surface area contributed by atoms with Crippen LogP contribution in [0.15, 0.2) is 23.1 Å². The summed E-state index contributed by atoms with van der Waals surface area (Å²) in [4.78, 5) is 12.7. The first-order valence-corrected chi connectivity index (χ1v) is 7.32. The third-order valence-electron chi connectivity index (χ3n) is 3.12. The van der Waals surface area contributed by atoms with Crippen LogP contribution in [0.2, 0.25) is 0 Å². The monoisotopic (exact) mass is 265 g/mol. The molecule has 0 spiro atoms. The van der Waals surface area contributed by atoms with Gasteiger partial charge in [-0.2, -0.15) is 0 Å². The van der Waals surface area contributed by atoms with Crippen molar-refractivity contribution in [1.82, 2.24) is 0 Å². The Balaban J connectivity index is 2.12. The van der Waals surface area contributed by atoms with Crippen molar-refractivity contribution in [2.24, 2.45) is 0 Å². The van der Waals surface area contributed by atoms with Crippen LogP contribution in [0.3, 0.4) is 0 Å². The van der Waals surface area contributed by atoms with E-state index < -0.39 is 0 Å². The molecule has 1 aromatic rings. The van der Waals surface area contributed by atoms with E-state index in [2.05, 4.69) is 0 Å². The summed E-state index contributed by atoms with van der Waals surface area (Å²) in [6, 6.07) is 5.38. The first-order chi connectivity index (χ1) is 8.70. The van der Waals surface area contributed by atoms with E-state index in [1.54, 1.807) is 23.9 Å². The van der Waals surface area contributed by atoms with Crippen molar-refractivity contribution in [3.8, 4) is 0 Å². The molecule has 0 atom stereocenters. The van der Waals surface area contributed by atoms with E-state index in [0.29, 0.717) is 17.4 Å². The van der Waals surface area contributed by atoms with Gasteiger partial charge in [-0.25, -0.2) is 4.79 Å². The zero-order valence-electron chi connectivity index (χ0n) is 10.6. The molecule has 98 valence electrons. The lowest BCUT2D eigenvalue weighted by atomic mass is 10.2. The SMILES string of the molecule is CCOC(=O)c1ccc(N)c(SC2CCCC2)c1. The summed E-state index contributed by atoms with van der Waals surface area (Å²) in [5, 5.41) is 0.643. The average molecular weight is 265 g/mol. The van der Waals surface area contributed by atoms with Crippen molar-refractivity contribution < 1.29 is 9.53 Å². The summed E-state index contributed by atoms with van der Waals surface area (Å²) >= 11 is 1.79. The third kappa shape index (κ3) is 3.19. The van der Waals surface area contributed by atoms with Gasteiger partial charge in [0.25, 0.3) is 0 Å². The molecule has 0 saturated heterocycles. The number of carbonyl (C=O) groups excluding carboxylic acids is 1. The lowest BCUT2D eigenvalue weighted by Gasteiger charge is -2.12. The zero-order chi connectivity index (χ0) is 13.0. The van der Waals surface area contributed by atoms with Crippen molar-refractivity contribution in [2.75, 3.05) is 12.3 Å². The van der Waals surface area contributed by atoms with Gasteiger partial charge in [-0.15, -0.1) is 11.8 Å². The highest BCUT2D eigenvalue weighted by Gasteiger charge is 2.18. The van der Waals surface area contributed by atoms with Crippen LogP contribution in [0.5, 0.6) is 0 Å². The van der Waals surface area contributed by atoms with E-state index in [9.17, 15) is 4.79 Å². The number of nitrogens with two attached hydrogens (primary N) is 1. The van der Waals surface area contributed by atoms with Crippen molar-refractivity contribution in [3.05, 3.63) is 23.8 Å². The number of esters is 1. The molecule has 0 heterocycles. The van der Waals surface area contributed by atoms with Gasteiger partial charge in [-0.05, 0) is 38.0 Å². The van der Waals surface area contributed by atoms with Crippen LogP contribution in [0, 0.1) is 0 Å². The Bertz CT molecular complexity index is 428. The molecule has 1 fully saturated rings. The first-order valence-electron chi connectivity index (χ1n) is 6.44. The molecule has 1 saturated carbocycles. The van der Waals surface area contributed by atoms with Gasteiger partial charge in [0.2, 0.25) is 0 Å². The predicted molar refractivity (Wildman–Crippen MR) is 74.9 cm³/mol. The summed E-state index contributed by atoms with van der Waals surface area (Å²) in [5.74, 6) is -0.272. The van der Waals surface area contributed by atoms with Gasteiger partial charge in [-0.3, -0.25) is 0 Å². The Morgan fingerprint density at radius 1 is 1.44 bits per heavy atom. The van der Waals surface area contributed by atoms with E-state index in [1.165, 1.54) is 25.7 Å². The molecule has 0 amide bonds. The van der Waals surface area contributed by atoms with Crippen LogP contribution < -0.4 is 5.73 Å². The molecular formula is C14H19NO2S. The number of hydrogen-bond acceptors (Lipinski definition) is 4. The van der Waals surface area contributed by atoms with Gasteiger partial charge in [0.15, 0.2) is 0 Å². The fraction of sp³-hybridized carbons (Fsp3) is 0.500. The maximum absolute atomic E-state index is 11.7. The molecule has 0 aliphatic heterocycles. The van der Waals surface area contributed by atoms with E-state index in [4.69, 9.17) is 10.5 Å². The normalized spacial score (nSPS) is 15.8. The van der Waals surface area contributed by atoms with Crippen molar-refractivity contribution in [2.45, 2.75) is 42.8 Å². The number of anilines is 1. The fourth-order valence-corrected chi connectivity index (χ4v) is 3.49. The average Bonchev–Trinajstić information content (AvgIpc) is 2.85. The first kappa shape index (κ1) is 13.3. The quantitative estimate of drug-likeness (QED) is 0.669. The van der Waals surface area contributed by atoms with Gasteiger partial charge >= 0.3 is 5.97 Å². The highest BCUT2D eigenvalue weighted by Crippen LogP contribution is 2.37. The Morgan fingerprint density at radius 2 is 2.17 bits per heavy atom. The Hall–Kier alpha value is -1.16. The smallest absolute Gasteiger partial charge is 0.338 e. The second-order valence-corrected chi connectivity index (χ2v) is 5.84. The highest BCUT2D eigenvalue weighted by atomic mass is 32.2. The van der Waals surface area contributed by atoms with Crippen LogP contribution in [0.1, 0.15) is 43.0 Å². The molecule has 2 rings (SSSR count). The molecule has 0 aromatic heterocycles. The molecule has 18 heavy (non-hydrogen) atoms. The standard InChI is InChI=1S/C14H19NO2S/c1-2-17-14(16)10-7-8-12(15)13(9-10)18-11-5-3-4-6-11/h7-9,11H,2-6,15H2,1H3. The van der Waals surface area contributed by atoms with E-state index in [1.807, 2.05) is 13.0 Å². The minimum atomic E-state index is -0.272. The molecule has 0 bridgehead atoms. The number of carbonyl (C=O) groups is 1. The second kappa shape index (κ2) is 6.14. The predicted octanol–water partition coefficient (Wildman–Crippen LogP) is 3.48. The summed E-state index contributed by atoms with van der Waals surface area (Å²) in [7, 11) is 0. The highest BCUT2D eigenvalue weighted by molar-refractivity contribution is 8.00. The van der Waals surface area contributed by atoms with Crippen LogP contribution in [0.4, 0.5) is 5.69 Å². The van der Waals surface area contributed by atoms with Gasteiger partial charge in [0, 0.05) is 15.8 Å². The lowest BCUT2D eigenvalue weighted by Crippen LogP contribution is -2.06. The van der Waals surface area contributed by atoms with Crippen LogP contribution in [0.25, 0.3) is 0 Å². The molecule has 3 nitrogen and oxygen atoms in total. The topological polar surface area (TPSA) is 52.3 Å². The molecule has 1 aliphatic rings. The number of thioether (sulfide) groups is 1. The molecular weight excluding hydrogens is 246 g/mol. The minimum absolute atomic E-state index is 0.272. The summed E-state index contributed by atoms with van der Waals surface area (Å²) in [6.07, 6.45) is 5.09. The number of benzene rings is 1. The Labute approximate surface area is 112 Å². The van der Waals surface area contributed by atoms with Crippen LogP contribution in [-0.4, -0.2) is 17.8 Å². The molecule has 1 aliphatic carbocycles. The van der Waals surface area contributed by atoms with Crippen molar-refractivity contribution in [1.29, 1.82) is 0 Å². The second-order valence-electron chi connectivity index (χ2n) is 4.50. The third-order valence-corrected chi connectivity index (χ3v) is 4.53.